The van der Waals surface area contributed by atoms with Crippen molar-refractivity contribution in [3.63, 3.8) is 0 Å². The lowest BCUT2D eigenvalue weighted by Crippen LogP contribution is -2.50. The highest BCUT2D eigenvalue weighted by atomic mass is 35.5. The summed E-state index contributed by atoms with van der Waals surface area (Å²) in [6.45, 7) is 7.46. The number of carbonyl (C=O) groups excluding carboxylic acids is 1. The van der Waals surface area contributed by atoms with Crippen molar-refractivity contribution < 1.29 is 26.9 Å². The Morgan fingerprint density at radius 1 is 0.900 bits per heavy atom. The van der Waals surface area contributed by atoms with Crippen molar-refractivity contribution in [2.24, 2.45) is 0 Å². The molecule has 1 fully saturated rings. The van der Waals surface area contributed by atoms with Crippen LogP contribution >= 0.6 is 23.2 Å². The highest BCUT2D eigenvalue weighted by Gasteiger charge is 2.26. The fraction of sp³-hybridized carbons (Fsp3) is 0.370. The molecule has 0 spiro atoms. The maximum atomic E-state index is 12.3. The molecule has 2 heterocycles. The quantitative estimate of drug-likeness (QED) is 0.308. The maximum Gasteiger partial charge on any atom is 0.410 e. The van der Waals surface area contributed by atoms with E-state index in [1.165, 1.54) is 0 Å². The van der Waals surface area contributed by atoms with Gasteiger partial charge in [0.25, 0.3) is 10.1 Å². The van der Waals surface area contributed by atoms with E-state index in [0.717, 1.165) is 11.8 Å². The van der Waals surface area contributed by atoms with E-state index >= 15 is 0 Å². The summed E-state index contributed by atoms with van der Waals surface area (Å²) in [5.74, 6) is 1.32. The summed E-state index contributed by atoms with van der Waals surface area (Å²) in [7, 11) is -3.65. The number of anilines is 1. The Labute approximate surface area is 243 Å². The molecule has 0 unspecified atom stereocenters. The second-order valence-electron chi connectivity index (χ2n) is 10.3. The van der Waals surface area contributed by atoms with Gasteiger partial charge < -0.3 is 19.3 Å². The maximum absolute atomic E-state index is 12.3. The minimum absolute atomic E-state index is 0.179. The molecule has 40 heavy (non-hydrogen) atoms. The summed E-state index contributed by atoms with van der Waals surface area (Å²) in [5, 5.41) is 0.914. The van der Waals surface area contributed by atoms with Crippen molar-refractivity contribution in [2.45, 2.75) is 33.0 Å². The Hall–Kier alpha value is -3.12. The Kier molecular flexibility index (Phi) is 9.09. The van der Waals surface area contributed by atoms with Crippen molar-refractivity contribution in [1.29, 1.82) is 0 Å². The first-order chi connectivity index (χ1) is 18.7. The third-order valence-corrected chi connectivity index (χ3v) is 6.65. The molecule has 1 amide bonds. The summed E-state index contributed by atoms with van der Waals surface area (Å²) >= 11 is 12.4. The summed E-state index contributed by atoms with van der Waals surface area (Å²) < 4.78 is 39.6. The van der Waals surface area contributed by atoms with Crippen LogP contribution in [0.3, 0.4) is 0 Å². The van der Waals surface area contributed by atoms with Crippen LogP contribution in [0.5, 0.6) is 11.5 Å². The van der Waals surface area contributed by atoms with Gasteiger partial charge in [-0.05, 0) is 73.9 Å². The number of rotatable bonds is 7. The summed E-state index contributed by atoms with van der Waals surface area (Å²) in [5.41, 5.74) is 1.44. The number of halogens is 2. The Morgan fingerprint density at radius 2 is 1.50 bits per heavy atom. The van der Waals surface area contributed by atoms with Gasteiger partial charge in [0, 0.05) is 36.2 Å². The Morgan fingerprint density at radius 3 is 2.08 bits per heavy atom. The van der Waals surface area contributed by atoms with E-state index < -0.39 is 15.7 Å². The predicted octanol–water partition coefficient (Wildman–Crippen LogP) is 5.78. The van der Waals surface area contributed by atoms with E-state index in [-0.39, 0.29) is 12.7 Å². The Balaban J connectivity index is 1.48. The number of ether oxygens (including phenoxy) is 2. The molecule has 1 aliphatic rings. The molecule has 1 aromatic heterocycles. The number of carbonyl (C=O) groups is 1. The molecule has 2 aromatic carbocycles. The molecule has 1 saturated heterocycles. The third kappa shape index (κ3) is 8.69. The molecule has 1 aliphatic heterocycles. The van der Waals surface area contributed by atoms with Gasteiger partial charge in [0.1, 0.15) is 11.4 Å². The van der Waals surface area contributed by atoms with Crippen LogP contribution in [-0.4, -0.2) is 67.4 Å². The van der Waals surface area contributed by atoms with Crippen molar-refractivity contribution in [3.8, 4) is 22.6 Å². The fourth-order valence-corrected chi connectivity index (χ4v) is 4.82. The lowest BCUT2D eigenvalue weighted by atomic mass is 10.0. The number of piperazine rings is 1. The van der Waals surface area contributed by atoms with Crippen molar-refractivity contribution in [2.75, 3.05) is 37.3 Å². The van der Waals surface area contributed by atoms with E-state index in [0.29, 0.717) is 64.8 Å². The van der Waals surface area contributed by atoms with Crippen LogP contribution < -0.4 is 9.64 Å². The van der Waals surface area contributed by atoms with Crippen LogP contribution in [0.15, 0.2) is 48.8 Å². The zero-order valence-corrected chi connectivity index (χ0v) is 24.9. The molecular formula is C27H30Cl2N4O6S. The minimum atomic E-state index is -3.65. The standard InChI is InChI=1S/C27H30Cl2N4O6S/c1-27(2,3)39-26(34)33-7-5-32(6-8-33)25-30-15-24(16-31-25)38-23-10-18(17-37-40(4,35)36)9-19(13-23)20-11-21(28)14-22(29)12-20/h9-16H,5-8,17H2,1-4H3. The molecule has 13 heteroatoms. The van der Waals surface area contributed by atoms with Gasteiger partial charge in [-0.15, -0.1) is 0 Å². The summed E-state index contributed by atoms with van der Waals surface area (Å²) in [4.78, 5) is 24.9. The van der Waals surface area contributed by atoms with E-state index in [9.17, 15) is 13.2 Å². The van der Waals surface area contributed by atoms with Gasteiger partial charge in [-0.1, -0.05) is 23.2 Å². The second-order valence-corrected chi connectivity index (χ2v) is 12.8. The second kappa shape index (κ2) is 12.2. The SMILES string of the molecule is CC(C)(C)OC(=O)N1CCN(c2ncc(Oc3cc(COS(C)(=O)=O)cc(-c4cc(Cl)cc(Cl)c4)c3)cn2)CC1. The number of aromatic nitrogens is 2. The molecule has 0 bridgehead atoms. The van der Waals surface area contributed by atoms with Crippen LogP contribution in [0.1, 0.15) is 26.3 Å². The van der Waals surface area contributed by atoms with E-state index in [2.05, 4.69) is 9.97 Å². The molecule has 10 nitrogen and oxygen atoms in total. The number of hydrogen-bond acceptors (Lipinski definition) is 9. The van der Waals surface area contributed by atoms with E-state index in [4.69, 9.17) is 36.9 Å². The molecule has 0 N–H and O–H groups in total. The highest BCUT2D eigenvalue weighted by molar-refractivity contribution is 7.85. The molecule has 0 radical (unpaired) electrons. The number of benzene rings is 2. The first kappa shape index (κ1) is 29.9. The number of hydrogen-bond donors (Lipinski definition) is 0. The van der Waals surface area contributed by atoms with E-state index in [1.54, 1.807) is 53.7 Å². The molecule has 214 valence electrons. The molecule has 0 saturated carbocycles. The number of amides is 1. The van der Waals surface area contributed by atoms with Gasteiger partial charge in [-0.2, -0.15) is 8.42 Å². The van der Waals surface area contributed by atoms with Gasteiger partial charge in [0.05, 0.1) is 25.3 Å². The zero-order chi connectivity index (χ0) is 29.1. The van der Waals surface area contributed by atoms with Crippen LogP contribution in [0.4, 0.5) is 10.7 Å². The number of nitrogens with zero attached hydrogens (tertiary/aromatic N) is 4. The normalized spacial score (nSPS) is 14.2. The van der Waals surface area contributed by atoms with Gasteiger partial charge in [-0.3, -0.25) is 4.18 Å². The largest absolute Gasteiger partial charge is 0.454 e. The molecule has 0 atom stereocenters. The first-order valence-corrected chi connectivity index (χ1v) is 15.0. The third-order valence-electron chi connectivity index (χ3n) is 5.67. The van der Waals surface area contributed by atoms with Crippen LogP contribution in [0.25, 0.3) is 11.1 Å². The lowest BCUT2D eigenvalue weighted by Gasteiger charge is -2.35. The van der Waals surface area contributed by atoms with Gasteiger partial charge in [0.15, 0.2) is 5.75 Å². The molecular weight excluding hydrogens is 579 g/mol. The van der Waals surface area contributed by atoms with Gasteiger partial charge >= 0.3 is 6.09 Å². The summed E-state index contributed by atoms with van der Waals surface area (Å²) in [6, 6.07) is 10.3. The van der Waals surface area contributed by atoms with Crippen LogP contribution in [0.2, 0.25) is 10.0 Å². The fourth-order valence-electron chi connectivity index (χ4n) is 3.94. The van der Waals surface area contributed by atoms with Crippen LogP contribution in [0, 0.1) is 0 Å². The highest BCUT2D eigenvalue weighted by Crippen LogP contribution is 2.33. The minimum Gasteiger partial charge on any atom is -0.454 e. The molecule has 4 rings (SSSR count). The average Bonchev–Trinajstić information content (AvgIpc) is 2.86. The predicted molar refractivity (Wildman–Crippen MR) is 154 cm³/mol. The smallest absolute Gasteiger partial charge is 0.410 e. The first-order valence-electron chi connectivity index (χ1n) is 12.4. The van der Waals surface area contributed by atoms with Crippen molar-refractivity contribution in [1.82, 2.24) is 14.9 Å². The van der Waals surface area contributed by atoms with E-state index in [1.807, 2.05) is 25.7 Å². The lowest BCUT2D eigenvalue weighted by molar-refractivity contribution is 0.0240. The average molecular weight is 610 g/mol. The summed E-state index contributed by atoms with van der Waals surface area (Å²) in [6.07, 6.45) is 3.76. The zero-order valence-electron chi connectivity index (χ0n) is 22.6. The van der Waals surface area contributed by atoms with Crippen LogP contribution in [-0.2, 0) is 25.6 Å². The monoisotopic (exact) mass is 608 g/mol. The molecule has 0 aliphatic carbocycles. The molecule has 3 aromatic rings. The van der Waals surface area contributed by atoms with Gasteiger partial charge in [0.2, 0.25) is 5.95 Å². The van der Waals surface area contributed by atoms with Crippen molar-refractivity contribution in [3.05, 3.63) is 64.4 Å². The topological polar surface area (TPSA) is 111 Å². The van der Waals surface area contributed by atoms with Gasteiger partial charge in [-0.25, -0.2) is 14.8 Å². The Bertz CT molecular complexity index is 1450. The van der Waals surface area contributed by atoms with Crippen molar-refractivity contribution >= 4 is 45.4 Å².